The second-order valence-electron chi connectivity index (χ2n) is 25.1. The van der Waals surface area contributed by atoms with Crippen molar-refractivity contribution in [2.45, 2.75) is 355 Å². The minimum Gasteiger partial charge on any atom is -0.462 e. The van der Waals surface area contributed by atoms with E-state index in [-0.39, 0.29) is 25.7 Å². The minimum absolute atomic E-state index is 0.101. The number of unbranched alkanes of at least 4 members (excludes halogenated alkanes) is 37. The van der Waals surface area contributed by atoms with Crippen LogP contribution in [0.25, 0.3) is 0 Å². The highest BCUT2D eigenvalue weighted by atomic mass is 31.2. The molecule has 0 spiro atoms. The molecule has 524 valence electrons. The number of carbonyl (C=O) groups is 4. The highest BCUT2D eigenvalue weighted by molar-refractivity contribution is 7.47. The Bertz CT molecular complexity index is 1810. The third-order valence-corrected chi connectivity index (χ3v) is 17.6. The number of ether oxygens (including phenoxy) is 4. The molecule has 0 aliphatic carbocycles. The predicted molar refractivity (Wildman–Crippen MR) is 358 cm³/mol. The average molecular weight is 1310 g/mol. The number of hydrogen-bond donors (Lipinski definition) is 3. The zero-order valence-electron chi connectivity index (χ0n) is 57.0. The number of rotatable bonds is 68. The summed E-state index contributed by atoms with van der Waals surface area (Å²) in [5, 5.41) is 10.6. The molecular weight excluding hydrogens is 1170 g/mol. The van der Waals surface area contributed by atoms with E-state index in [1.807, 2.05) is 0 Å². The number of aliphatic hydroxyl groups is 1. The summed E-state index contributed by atoms with van der Waals surface area (Å²) in [6.45, 7) is 7.14. The van der Waals surface area contributed by atoms with Crippen LogP contribution in [0.1, 0.15) is 336 Å². The first-order valence-electron chi connectivity index (χ1n) is 36.0. The monoisotopic (exact) mass is 1310 g/mol. The summed E-state index contributed by atoms with van der Waals surface area (Å²) in [6, 6.07) is 0. The van der Waals surface area contributed by atoms with E-state index in [2.05, 4.69) is 58.9 Å². The van der Waals surface area contributed by atoms with Crippen LogP contribution in [0.4, 0.5) is 0 Å². The topological polar surface area (TPSA) is 237 Å². The lowest BCUT2D eigenvalue weighted by atomic mass is 10.0. The summed E-state index contributed by atoms with van der Waals surface area (Å²) in [5.41, 5.74) is 0. The lowest BCUT2D eigenvalue weighted by Crippen LogP contribution is -2.30. The lowest BCUT2D eigenvalue weighted by molar-refractivity contribution is -0.161. The Hall–Kier alpha value is -2.46. The van der Waals surface area contributed by atoms with Crippen LogP contribution < -0.4 is 0 Å². The molecule has 19 heteroatoms. The van der Waals surface area contributed by atoms with E-state index in [0.717, 1.165) is 128 Å². The molecule has 0 aliphatic rings. The molecular formula is C70H132O17P2. The van der Waals surface area contributed by atoms with Gasteiger partial charge in [0.25, 0.3) is 0 Å². The van der Waals surface area contributed by atoms with Gasteiger partial charge in [-0.3, -0.25) is 37.3 Å². The fraction of sp³-hybridized carbons (Fsp3) is 0.886. The van der Waals surface area contributed by atoms with Crippen LogP contribution in [-0.2, 0) is 65.4 Å². The number of phosphoric acid groups is 2. The van der Waals surface area contributed by atoms with Crippen molar-refractivity contribution >= 4 is 39.5 Å². The van der Waals surface area contributed by atoms with E-state index < -0.39 is 97.5 Å². The largest absolute Gasteiger partial charge is 0.472 e. The van der Waals surface area contributed by atoms with Crippen LogP contribution >= 0.6 is 15.6 Å². The molecule has 0 bridgehead atoms. The molecule has 2 unspecified atom stereocenters. The number of hydrogen-bond acceptors (Lipinski definition) is 15. The zero-order valence-corrected chi connectivity index (χ0v) is 58.8. The summed E-state index contributed by atoms with van der Waals surface area (Å²) in [5.74, 6) is -1.36. The molecule has 17 nitrogen and oxygen atoms in total. The van der Waals surface area contributed by atoms with Gasteiger partial charge in [0.2, 0.25) is 0 Å². The van der Waals surface area contributed by atoms with Gasteiger partial charge < -0.3 is 33.8 Å². The van der Waals surface area contributed by atoms with E-state index >= 15 is 0 Å². The van der Waals surface area contributed by atoms with Crippen LogP contribution in [-0.4, -0.2) is 96.7 Å². The summed E-state index contributed by atoms with van der Waals surface area (Å²) in [4.78, 5) is 72.3. The normalized spacial score (nSPS) is 14.3. The Morgan fingerprint density at radius 3 is 0.921 bits per heavy atom. The first-order chi connectivity index (χ1) is 43.0. The number of esters is 4. The SMILES string of the molecule is CCCCCC/C=C\C=C/CCCCCCCC(=O)OC[C@H](COP(=O)(O)OC[C@@H](O)COP(=O)(O)OC[C@@H](COC(=O)CCCCCCCCC)OC(=O)CCCCCCCCCCC)OC(=O)CCCCCCCCCCCCCCCCCC(C)C. The summed E-state index contributed by atoms with van der Waals surface area (Å²) >= 11 is 0. The van der Waals surface area contributed by atoms with Gasteiger partial charge in [-0.25, -0.2) is 9.13 Å². The number of carbonyl (C=O) groups excluding carboxylic acids is 4. The Kier molecular flexibility index (Phi) is 61.2. The molecule has 5 atom stereocenters. The molecule has 0 saturated heterocycles. The van der Waals surface area contributed by atoms with Crippen molar-refractivity contribution in [2.24, 2.45) is 5.92 Å². The smallest absolute Gasteiger partial charge is 0.462 e. The molecule has 0 saturated carbocycles. The summed E-state index contributed by atoms with van der Waals surface area (Å²) in [7, 11) is -9.90. The van der Waals surface area contributed by atoms with Crippen LogP contribution in [0.15, 0.2) is 24.3 Å². The van der Waals surface area contributed by atoms with E-state index in [1.54, 1.807) is 0 Å². The fourth-order valence-electron chi connectivity index (χ4n) is 10.1. The van der Waals surface area contributed by atoms with Crippen molar-refractivity contribution in [3.8, 4) is 0 Å². The van der Waals surface area contributed by atoms with Gasteiger partial charge in [0, 0.05) is 25.7 Å². The Labute approximate surface area is 542 Å². The fourth-order valence-corrected chi connectivity index (χ4v) is 11.7. The van der Waals surface area contributed by atoms with Crippen LogP contribution in [0.5, 0.6) is 0 Å². The maximum atomic E-state index is 13.0. The highest BCUT2D eigenvalue weighted by Gasteiger charge is 2.30. The van der Waals surface area contributed by atoms with Gasteiger partial charge >= 0.3 is 39.5 Å². The molecule has 0 aliphatic heterocycles. The molecule has 0 fully saturated rings. The van der Waals surface area contributed by atoms with Crippen molar-refractivity contribution in [1.82, 2.24) is 0 Å². The second kappa shape index (κ2) is 63.0. The Morgan fingerprint density at radius 1 is 0.348 bits per heavy atom. The second-order valence-corrected chi connectivity index (χ2v) is 28.0. The zero-order chi connectivity index (χ0) is 65.6. The molecule has 0 rings (SSSR count). The van der Waals surface area contributed by atoms with Gasteiger partial charge in [-0.2, -0.15) is 0 Å². The first kappa shape index (κ1) is 86.5. The van der Waals surface area contributed by atoms with E-state index in [1.165, 1.54) is 128 Å². The van der Waals surface area contributed by atoms with Gasteiger partial charge in [0.15, 0.2) is 12.2 Å². The van der Waals surface area contributed by atoms with Gasteiger partial charge in [-0.15, -0.1) is 0 Å². The Morgan fingerprint density at radius 2 is 0.607 bits per heavy atom. The van der Waals surface area contributed by atoms with Gasteiger partial charge in [0.05, 0.1) is 26.4 Å². The average Bonchev–Trinajstić information content (AvgIpc) is 3.56. The van der Waals surface area contributed by atoms with Crippen molar-refractivity contribution in [2.75, 3.05) is 39.6 Å². The molecule has 89 heavy (non-hydrogen) atoms. The molecule has 0 aromatic heterocycles. The molecule has 0 aromatic rings. The summed E-state index contributed by atoms with van der Waals surface area (Å²) < 4.78 is 68.1. The predicted octanol–water partition coefficient (Wildman–Crippen LogP) is 19.7. The van der Waals surface area contributed by atoms with E-state index in [9.17, 15) is 43.2 Å². The van der Waals surface area contributed by atoms with Crippen molar-refractivity contribution < 1.29 is 80.2 Å². The number of allylic oxidation sites excluding steroid dienone is 4. The standard InChI is InChI=1S/C70H132O17P2/c1-6-9-12-15-18-20-21-22-24-28-31-35-39-44-49-54-68(73)81-60-66(87-70(75)56-51-46-41-36-32-29-26-23-25-27-30-34-38-42-47-52-63(4)5)62-85-89(78,79)83-58-64(71)57-82-88(76,77)84-61-65(59-80-67(72)53-48-43-37-17-14-11-8-3)86-69(74)55-50-45-40-33-19-16-13-10-7-2/h20-22,24,63-66,71H,6-19,23,25-62H2,1-5H3,(H,76,77)(H,78,79)/b21-20-,24-22-/t64-,65+,66+/m0/s1. The maximum absolute atomic E-state index is 13.0. The van der Waals surface area contributed by atoms with Gasteiger partial charge in [-0.1, -0.05) is 284 Å². The minimum atomic E-state index is -4.96. The quantitative estimate of drug-likeness (QED) is 0.0169. The number of phosphoric ester groups is 2. The van der Waals surface area contributed by atoms with Crippen molar-refractivity contribution in [3.63, 3.8) is 0 Å². The van der Waals surface area contributed by atoms with Gasteiger partial charge in [-0.05, 0) is 57.3 Å². The van der Waals surface area contributed by atoms with Gasteiger partial charge in [0.1, 0.15) is 19.3 Å². The molecule has 0 aromatic carbocycles. The third kappa shape index (κ3) is 64.1. The molecule has 0 amide bonds. The van der Waals surface area contributed by atoms with Crippen molar-refractivity contribution in [1.29, 1.82) is 0 Å². The molecule has 3 N–H and O–H groups in total. The van der Waals surface area contributed by atoms with Crippen LogP contribution in [0, 0.1) is 5.92 Å². The van der Waals surface area contributed by atoms with E-state index in [4.69, 9.17) is 37.0 Å². The van der Waals surface area contributed by atoms with Crippen LogP contribution in [0.3, 0.4) is 0 Å². The molecule has 0 heterocycles. The molecule has 0 radical (unpaired) electrons. The Balaban J connectivity index is 5.22. The maximum Gasteiger partial charge on any atom is 0.472 e. The summed E-state index contributed by atoms with van der Waals surface area (Å²) in [6.07, 6.45) is 52.3. The number of aliphatic hydroxyl groups excluding tert-OH is 1. The van der Waals surface area contributed by atoms with E-state index in [0.29, 0.717) is 25.7 Å². The first-order valence-corrected chi connectivity index (χ1v) is 38.9. The lowest BCUT2D eigenvalue weighted by Gasteiger charge is -2.21. The van der Waals surface area contributed by atoms with Crippen molar-refractivity contribution in [3.05, 3.63) is 24.3 Å². The third-order valence-electron chi connectivity index (χ3n) is 15.7. The van der Waals surface area contributed by atoms with Crippen LogP contribution in [0.2, 0.25) is 0 Å². The highest BCUT2D eigenvalue weighted by Crippen LogP contribution is 2.45.